The lowest BCUT2D eigenvalue weighted by molar-refractivity contribution is 0.249. The Morgan fingerprint density at radius 1 is 1.19 bits per heavy atom. The number of nitrogens with one attached hydrogen (secondary N) is 1. The minimum atomic E-state index is -0.352. The van der Waals surface area contributed by atoms with E-state index in [1.165, 1.54) is 18.2 Å². The van der Waals surface area contributed by atoms with Gasteiger partial charge in [0.1, 0.15) is 11.6 Å². The van der Waals surface area contributed by atoms with Gasteiger partial charge in [-0.25, -0.2) is 8.78 Å². The standard InChI is InChI=1S/C19H16BrClF2N2O/c20-26-19-10-17(24-11-14-4-5-15(21)9-18(14)23)6-7-25(19)12-13-2-1-3-16(22)8-13/h1-6,8-10,24H,7,11-12H2. The molecule has 1 aliphatic heterocycles. The van der Waals surface area contributed by atoms with Crippen LogP contribution >= 0.6 is 27.9 Å². The second-order valence-electron chi connectivity index (χ2n) is 5.82. The van der Waals surface area contributed by atoms with E-state index in [-0.39, 0.29) is 11.6 Å². The summed E-state index contributed by atoms with van der Waals surface area (Å²) in [4.78, 5) is 1.94. The molecule has 136 valence electrons. The molecule has 3 nitrogen and oxygen atoms in total. The average Bonchev–Trinajstić information content (AvgIpc) is 2.62. The topological polar surface area (TPSA) is 24.5 Å². The van der Waals surface area contributed by atoms with Gasteiger partial charge in [-0.05, 0) is 35.9 Å². The van der Waals surface area contributed by atoms with E-state index in [0.717, 1.165) is 11.3 Å². The molecule has 0 unspecified atom stereocenters. The Kier molecular flexibility index (Phi) is 6.16. The number of hydrogen-bond donors (Lipinski definition) is 1. The van der Waals surface area contributed by atoms with Gasteiger partial charge in [0.2, 0.25) is 5.88 Å². The number of hydrogen-bond acceptors (Lipinski definition) is 3. The Labute approximate surface area is 164 Å². The molecule has 0 saturated carbocycles. The van der Waals surface area contributed by atoms with Gasteiger partial charge in [-0.15, -0.1) is 0 Å². The van der Waals surface area contributed by atoms with Crippen LogP contribution < -0.4 is 5.32 Å². The lowest BCUT2D eigenvalue weighted by atomic mass is 10.1. The molecule has 0 atom stereocenters. The number of benzene rings is 2. The van der Waals surface area contributed by atoms with Crippen LogP contribution in [0, 0.1) is 11.6 Å². The third-order valence-electron chi connectivity index (χ3n) is 3.96. The van der Waals surface area contributed by atoms with E-state index in [4.69, 9.17) is 15.4 Å². The van der Waals surface area contributed by atoms with Crippen molar-refractivity contribution in [1.29, 1.82) is 0 Å². The molecule has 0 spiro atoms. The molecular weight excluding hydrogens is 426 g/mol. The SMILES string of the molecule is Fc1cccc(CN2CC=C(NCc3ccc(Cl)cc3F)C=C2OBr)c1. The number of nitrogens with zero attached hydrogens (tertiary/aromatic N) is 1. The van der Waals surface area contributed by atoms with Gasteiger partial charge in [0.25, 0.3) is 0 Å². The number of allylic oxidation sites excluding steroid dienone is 1. The van der Waals surface area contributed by atoms with Crippen molar-refractivity contribution < 1.29 is 12.6 Å². The van der Waals surface area contributed by atoms with Crippen molar-refractivity contribution in [2.45, 2.75) is 13.1 Å². The zero-order valence-corrected chi connectivity index (χ0v) is 16.0. The van der Waals surface area contributed by atoms with Crippen molar-refractivity contribution in [2.24, 2.45) is 0 Å². The molecule has 0 aromatic heterocycles. The Bertz CT molecular complexity index is 857. The van der Waals surface area contributed by atoms with Crippen LogP contribution in [0.5, 0.6) is 0 Å². The van der Waals surface area contributed by atoms with Gasteiger partial charge in [0.05, 0.1) is 0 Å². The van der Waals surface area contributed by atoms with Crippen LogP contribution in [0.15, 0.2) is 66.2 Å². The summed E-state index contributed by atoms with van der Waals surface area (Å²) < 4.78 is 32.5. The van der Waals surface area contributed by atoms with Crippen LogP contribution in [0.25, 0.3) is 0 Å². The minimum absolute atomic E-state index is 0.271. The highest BCUT2D eigenvalue weighted by Gasteiger charge is 2.16. The zero-order chi connectivity index (χ0) is 18.5. The minimum Gasteiger partial charge on any atom is -0.400 e. The fourth-order valence-corrected chi connectivity index (χ4v) is 3.09. The van der Waals surface area contributed by atoms with Crippen molar-refractivity contribution >= 4 is 27.9 Å². The summed E-state index contributed by atoms with van der Waals surface area (Å²) in [5.41, 5.74) is 2.17. The zero-order valence-electron chi connectivity index (χ0n) is 13.7. The highest BCUT2D eigenvalue weighted by molar-refractivity contribution is 9.06. The molecule has 7 heteroatoms. The molecule has 0 amide bonds. The maximum Gasteiger partial charge on any atom is 0.206 e. The van der Waals surface area contributed by atoms with Crippen LogP contribution in [0.4, 0.5) is 8.78 Å². The highest BCUT2D eigenvalue weighted by Crippen LogP contribution is 2.21. The van der Waals surface area contributed by atoms with Crippen LogP contribution in [-0.2, 0) is 16.9 Å². The Hall–Kier alpha value is -2.05. The van der Waals surface area contributed by atoms with Crippen LogP contribution in [0.1, 0.15) is 11.1 Å². The molecular formula is C19H16BrClF2N2O. The van der Waals surface area contributed by atoms with E-state index in [2.05, 4.69) is 21.6 Å². The van der Waals surface area contributed by atoms with E-state index in [1.807, 2.05) is 17.0 Å². The van der Waals surface area contributed by atoms with Crippen molar-refractivity contribution in [3.63, 3.8) is 0 Å². The molecule has 2 aromatic rings. The van der Waals surface area contributed by atoms with Crippen molar-refractivity contribution in [2.75, 3.05) is 6.54 Å². The van der Waals surface area contributed by atoms with Gasteiger partial charge < -0.3 is 14.0 Å². The highest BCUT2D eigenvalue weighted by atomic mass is 79.9. The first-order valence-corrected chi connectivity index (χ1v) is 8.95. The van der Waals surface area contributed by atoms with E-state index < -0.39 is 0 Å². The van der Waals surface area contributed by atoms with Crippen molar-refractivity contribution in [1.82, 2.24) is 10.2 Å². The van der Waals surface area contributed by atoms with Gasteiger partial charge in [-0.2, -0.15) is 0 Å². The van der Waals surface area contributed by atoms with Crippen molar-refractivity contribution in [3.05, 3.63) is 94.0 Å². The summed E-state index contributed by atoms with van der Waals surface area (Å²) >= 11 is 8.77. The van der Waals surface area contributed by atoms with Crippen molar-refractivity contribution in [3.8, 4) is 0 Å². The predicted octanol–water partition coefficient (Wildman–Crippen LogP) is 5.28. The van der Waals surface area contributed by atoms with Gasteiger partial charge in [-0.3, -0.25) is 0 Å². The Morgan fingerprint density at radius 3 is 2.77 bits per heavy atom. The van der Waals surface area contributed by atoms with Gasteiger partial charge >= 0.3 is 0 Å². The molecule has 0 fully saturated rings. The van der Waals surface area contributed by atoms with Crippen LogP contribution in [0.3, 0.4) is 0 Å². The lowest BCUT2D eigenvalue weighted by Crippen LogP contribution is -2.28. The van der Waals surface area contributed by atoms with E-state index in [0.29, 0.717) is 36.1 Å². The quantitative estimate of drug-likeness (QED) is 0.660. The smallest absolute Gasteiger partial charge is 0.206 e. The molecule has 1 N–H and O–H groups in total. The first-order valence-electron chi connectivity index (χ1n) is 7.93. The monoisotopic (exact) mass is 440 g/mol. The summed E-state index contributed by atoms with van der Waals surface area (Å²) in [5.74, 6) is -0.0430. The van der Waals surface area contributed by atoms with E-state index in [1.54, 1.807) is 24.3 Å². The van der Waals surface area contributed by atoms with Crippen LogP contribution in [-0.4, -0.2) is 11.4 Å². The molecule has 0 aliphatic carbocycles. The Balaban J connectivity index is 1.64. The Morgan fingerprint density at radius 2 is 2.04 bits per heavy atom. The maximum atomic E-state index is 13.9. The second kappa shape index (κ2) is 8.56. The van der Waals surface area contributed by atoms with Gasteiger partial charge in [0, 0.05) is 42.0 Å². The molecule has 1 heterocycles. The summed E-state index contributed by atoms with van der Waals surface area (Å²) in [6.07, 6.45) is 3.76. The summed E-state index contributed by atoms with van der Waals surface area (Å²) in [7, 11) is 0. The molecule has 2 aromatic carbocycles. The lowest BCUT2D eigenvalue weighted by Gasteiger charge is -2.28. The molecule has 26 heavy (non-hydrogen) atoms. The third-order valence-corrected chi connectivity index (χ3v) is 4.53. The molecule has 0 bridgehead atoms. The van der Waals surface area contributed by atoms with Gasteiger partial charge in [-0.1, -0.05) is 29.8 Å². The largest absolute Gasteiger partial charge is 0.400 e. The van der Waals surface area contributed by atoms with E-state index >= 15 is 0 Å². The fraction of sp³-hybridized carbons (Fsp3) is 0.158. The van der Waals surface area contributed by atoms with E-state index in [9.17, 15) is 8.78 Å². The average molecular weight is 442 g/mol. The second-order valence-corrected chi connectivity index (χ2v) is 6.58. The summed E-state index contributed by atoms with van der Waals surface area (Å²) in [6.45, 7) is 1.40. The predicted molar refractivity (Wildman–Crippen MR) is 101 cm³/mol. The maximum absolute atomic E-state index is 13.9. The fourth-order valence-electron chi connectivity index (χ4n) is 2.64. The third kappa shape index (κ3) is 4.77. The first kappa shape index (κ1) is 18.7. The number of rotatable bonds is 6. The number of halogens is 4. The first-order chi connectivity index (χ1) is 12.5. The summed E-state index contributed by atoms with van der Waals surface area (Å²) in [5, 5.41) is 3.54. The normalized spacial score (nSPS) is 13.9. The van der Waals surface area contributed by atoms with Crippen LogP contribution in [0.2, 0.25) is 5.02 Å². The van der Waals surface area contributed by atoms with Gasteiger partial charge in [0.15, 0.2) is 16.3 Å². The molecule has 3 rings (SSSR count). The molecule has 0 radical (unpaired) electrons. The summed E-state index contributed by atoms with van der Waals surface area (Å²) in [6, 6.07) is 11.0. The molecule has 1 aliphatic rings. The molecule has 0 saturated heterocycles.